The number of sulfonamides is 1. The first-order valence-corrected chi connectivity index (χ1v) is 10.0. The first-order valence-electron chi connectivity index (χ1n) is 7.57. The summed E-state index contributed by atoms with van der Waals surface area (Å²) in [5.41, 5.74) is 2.08. The molecule has 124 valence electrons. The highest BCUT2D eigenvalue weighted by atomic mass is 32.2. The first kappa shape index (κ1) is 18.0. The maximum Gasteiger partial charge on any atom is 0.240 e. The Morgan fingerprint density at radius 2 is 1.48 bits per heavy atom. The van der Waals surface area contributed by atoms with Crippen molar-refractivity contribution in [2.75, 3.05) is 12.3 Å². The van der Waals surface area contributed by atoms with Gasteiger partial charge in [-0.05, 0) is 23.3 Å². The van der Waals surface area contributed by atoms with E-state index >= 15 is 0 Å². The summed E-state index contributed by atoms with van der Waals surface area (Å²) in [6.45, 7) is 6.79. The zero-order valence-electron chi connectivity index (χ0n) is 13.7. The summed E-state index contributed by atoms with van der Waals surface area (Å²) in [4.78, 5) is 0.304. The van der Waals surface area contributed by atoms with Gasteiger partial charge in [-0.25, -0.2) is 13.1 Å². The third-order valence-electron chi connectivity index (χ3n) is 3.20. The molecule has 0 radical (unpaired) electrons. The standard InChI is InChI=1S/C18H23NO2S2/c1-18(2,3)22-14-13-19-23(20,21)17-11-9-16(10-12-17)15-7-5-4-6-8-15/h4-12,19H,13-14H2,1-3H3. The van der Waals surface area contributed by atoms with Crippen molar-refractivity contribution in [1.29, 1.82) is 0 Å². The average molecular weight is 350 g/mol. The highest BCUT2D eigenvalue weighted by Gasteiger charge is 2.15. The Labute approximate surface area is 143 Å². The summed E-state index contributed by atoms with van der Waals surface area (Å²) in [6.07, 6.45) is 0. The normalized spacial score (nSPS) is 12.3. The zero-order chi connectivity index (χ0) is 16.9. The molecule has 2 rings (SSSR count). The number of rotatable bonds is 6. The molecular weight excluding hydrogens is 326 g/mol. The van der Waals surface area contributed by atoms with Crippen molar-refractivity contribution < 1.29 is 8.42 Å². The lowest BCUT2D eigenvalue weighted by molar-refractivity contribution is 0.584. The van der Waals surface area contributed by atoms with E-state index in [9.17, 15) is 8.42 Å². The number of thioether (sulfide) groups is 1. The first-order chi connectivity index (χ1) is 10.8. The lowest BCUT2D eigenvalue weighted by atomic mass is 10.1. The molecule has 0 heterocycles. The van der Waals surface area contributed by atoms with Gasteiger partial charge in [0.05, 0.1) is 4.90 Å². The van der Waals surface area contributed by atoms with Crippen molar-refractivity contribution in [3.05, 3.63) is 54.6 Å². The van der Waals surface area contributed by atoms with E-state index in [1.54, 1.807) is 23.9 Å². The van der Waals surface area contributed by atoms with Crippen LogP contribution in [-0.2, 0) is 10.0 Å². The molecule has 0 aliphatic carbocycles. The van der Waals surface area contributed by atoms with Crippen LogP contribution in [0.4, 0.5) is 0 Å². The van der Waals surface area contributed by atoms with Crippen LogP contribution in [0, 0.1) is 0 Å². The third-order valence-corrected chi connectivity index (χ3v) is 5.95. The Morgan fingerprint density at radius 1 is 0.913 bits per heavy atom. The molecule has 5 heteroatoms. The second-order valence-corrected chi connectivity index (χ2v) is 9.94. The average Bonchev–Trinajstić information content (AvgIpc) is 2.52. The molecule has 2 aromatic carbocycles. The SMILES string of the molecule is CC(C)(C)SCCNS(=O)(=O)c1ccc(-c2ccccc2)cc1. The molecule has 0 spiro atoms. The molecule has 0 aliphatic rings. The second-order valence-electron chi connectivity index (χ2n) is 6.25. The molecule has 0 saturated carbocycles. The summed E-state index contributed by atoms with van der Waals surface area (Å²) >= 11 is 1.74. The molecule has 1 N–H and O–H groups in total. The van der Waals surface area contributed by atoms with Crippen LogP contribution < -0.4 is 4.72 Å². The molecule has 2 aromatic rings. The van der Waals surface area contributed by atoms with Crippen molar-refractivity contribution >= 4 is 21.8 Å². The predicted octanol–water partition coefficient (Wildman–Crippen LogP) is 4.16. The van der Waals surface area contributed by atoms with Crippen LogP contribution in [0.1, 0.15) is 20.8 Å². The molecule has 0 atom stereocenters. The molecule has 0 bridgehead atoms. The number of benzene rings is 2. The van der Waals surface area contributed by atoms with Gasteiger partial charge in [-0.15, -0.1) is 0 Å². The van der Waals surface area contributed by atoms with E-state index in [0.29, 0.717) is 11.4 Å². The monoisotopic (exact) mass is 349 g/mol. The van der Waals surface area contributed by atoms with Gasteiger partial charge in [0.25, 0.3) is 0 Å². The number of hydrogen-bond acceptors (Lipinski definition) is 3. The van der Waals surface area contributed by atoms with Gasteiger partial charge in [-0.2, -0.15) is 11.8 Å². The molecule has 0 aliphatic heterocycles. The van der Waals surface area contributed by atoms with Crippen molar-refractivity contribution in [3.63, 3.8) is 0 Å². The second kappa shape index (κ2) is 7.51. The van der Waals surface area contributed by atoms with Crippen LogP contribution in [0.25, 0.3) is 11.1 Å². The number of hydrogen-bond donors (Lipinski definition) is 1. The quantitative estimate of drug-likeness (QED) is 0.797. The van der Waals surface area contributed by atoms with Crippen LogP contribution >= 0.6 is 11.8 Å². The molecule has 0 aromatic heterocycles. The highest BCUT2D eigenvalue weighted by Crippen LogP contribution is 2.23. The van der Waals surface area contributed by atoms with Crippen LogP contribution in [0.2, 0.25) is 0 Å². The van der Waals surface area contributed by atoms with E-state index in [4.69, 9.17) is 0 Å². The van der Waals surface area contributed by atoms with Crippen LogP contribution in [0.5, 0.6) is 0 Å². The fraction of sp³-hybridized carbons (Fsp3) is 0.333. The fourth-order valence-corrected chi connectivity index (χ4v) is 4.05. The summed E-state index contributed by atoms with van der Waals surface area (Å²) in [7, 11) is -3.44. The Kier molecular flexibility index (Phi) is 5.89. The van der Waals surface area contributed by atoms with Gasteiger partial charge in [-0.1, -0.05) is 63.2 Å². The van der Waals surface area contributed by atoms with Gasteiger partial charge >= 0.3 is 0 Å². The van der Waals surface area contributed by atoms with Gasteiger partial charge in [0, 0.05) is 17.0 Å². The summed E-state index contributed by atoms with van der Waals surface area (Å²) in [5, 5.41) is 0. The summed E-state index contributed by atoms with van der Waals surface area (Å²) < 4.78 is 27.4. The van der Waals surface area contributed by atoms with E-state index < -0.39 is 10.0 Å². The van der Waals surface area contributed by atoms with Gasteiger partial charge < -0.3 is 0 Å². The van der Waals surface area contributed by atoms with Crippen LogP contribution in [-0.4, -0.2) is 25.5 Å². The smallest absolute Gasteiger partial charge is 0.210 e. The Balaban J connectivity index is 2.00. The highest BCUT2D eigenvalue weighted by molar-refractivity contribution is 8.00. The summed E-state index contributed by atoms with van der Waals surface area (Å²) in [5.74, 6) is 0.755. The zero-order valence-corrected chi connectivity index (χ0v) is 15.4. The molecule has 0 fully saturated rings. The third kappa shape index (κ3) is 5.68. The van der Waals surface area contributed by atoms with Crippen LogP contribution in [0.15, 0.2) is 59.5 Å². The van der Waals surface area contributed by atoms with Crippen molar-refractivity contribution in [2.45, 2.75) is 30.4 Å². The largest absolute Gasteiger partial charge is 0.240 e. The molecule has 0 amide bonds. The Hall–Kier alpha value is -1.30. The van der Waals surface area contributed by atoms with E-state index in [1.807, 2.05) is 42.5 Å². The van der Waals surface area contributed by atoms with Crippen LogP contribution in [0.3, 0.4) is 0 Å². The van der Waals surface area contributed by atoms with Crippen molar-refractivity contribution in [1.82, 2.24) is 4.72 Å². The van der Waals surface area contributed by atoms with Gasteiger partial charge in [0.2, 0.25) is 10.0 Å². The molecule has 23 heavy (non-hydrogen) atoms. The maximum absolute atomic E-state index is 12.3. The molecule has 3 nitrogen and oxygen atoms in total. The minimum absolute atomic E-state index is 0.142. The molecule has 0 unspecified atom stereocenters. The minimum Gasteiger partial charge on any atom is -0.210 e. The molecular formula is C18H23NO2S2. The minimum atomic E-state index is -3.44. The topological polar surface area (TPSA) is 46.2 Å². The predicted molar refractivity (Wildman–Crippen MR) is 99.3 cm³/mol. The van der Waals surface area contributed by atoms with E-state index in [2.05, 4.69) is 25.5 Å². The van der Waals surface area contributed by atoms with Gasteiger partial charge in [-0.3, -0.25) is 0 Å². The van der Waals surface area contributed by atoms with E-state index in [0.717, 1.165) is 16.9 Å². The number of nitrogens with one attached hydrogen (secondary N) is 1. The fourth-order valence-electron chi connectivity index (χ4n) is 2.07. The summed E-state index contributed by atoms with van der Waals surface area (Å²) in [6, 6.07) is 16.9. The van der Waals surface area contributed by atoms with Crippen molar-refractivity contribution in [2.24, 2.45) is 0 Å². The van der Waals surface area contributed by atoms with Crippen molar-refractivity contribution in [3.8, 4) is 11.1 Å². The lowest BCUT2D eigenvalue weighted by Crippen LogP contribution is -2.27. The Morgan fingerprint density at radius 3 is 2.04 bits per heavy atom. The van der Waals surface area contributed by atoms with E-state index in [-0.39, 0.29) is 4.75 Å². The lowest BCUT2D eigenvalue weighted by Gasteiger charge is -2.17. The van der Waals surface area contributed by atoms with Gasteiger partial charge in [0.1, 0.15) is 0 Å². The van der Waals surface area contributed by atoms with Gasteiger partial charge in [0.15, 0.2) is 0 Å². The Bertz CT molecular complexity index is 718. The molecule has 0 saturated heterocycles. The maximum atomic E-state index is 12.3. The van der Waals surface area contributed by atoms with E-state index in [1.165, 1.54) is 0 Å².